The normalized spacial score (nSPS) is 23.9. The van der Waals surface area contributed by atoms with E-state index in [-0.39, 0.29) is 17.7 Å². The number of nitrogens with zero attached hydrogens (tertiary/aromatic N) is 1. The lowest BCUT2D eigenvalue weighted by molar-refractivity contribution is -0.138. The first-order chi connectivity index (χ1) is 9.43. The molecule has 114 valence electrons. The highest BCUT2D eigenvalue weighted by Crippen LogP contribution is 2.49. The third-order valence-corrected chi connectivity index (χ3v) is 6.23. The first-order valence-corrected chi connectivity index (χ1v) is 8.69. The van der Waals surface area contributed by atoms with Gasteiger partial charge in [-0.3, -0.25) is 13.8 Å². The summed E-state index contributed by atoms with van der Waals surface area (Å²) in [5.74, 6) is -0.524. The van der Waals surface area contributed by atoms with Gasteiger partial charge in [-0.25, -0.2) is 0 Å². The maximum absolute atomic E-state index is 12.3. The molecule has 2 aliphatic rings. The molecule has 1 heterocycles. The monoisotopic (exact) mass is 301 g/mol. The van der Waals surface area contributed by atoms with Crippen molar-refractivity contribution in [1.29, 1.82) is 0 Å². The van der Waals surface area contributed by atoms with Crippen molar-refractivity contribution in [3.8, 4) is 0 Å². The van der Waals surface area contributed by atoms with Crippen LogP contribution < -0.4 is 0 Å². The van der Waals surface area contributed by atoms with Crippen molar-refractivity contribution in [1.82, 2.24) is 4.90 Å². The zero-order chi connectivity index (χ0) is 14.8. The lowest BCUT2D eigenvalue weighted by Crippen LogP contribution is -2.43. The van der Waals surface area contributed by atoms with Crippen molar-refractivity contribution in [2.24, 2.45) is 5.41 Å². The summed E-state index contributed by atoms with van der Waals surface area (Å²) >= 11 is 0. The first kappa shape index (κ1) is 15.5. The van der Waals surface area contributed by atoms with Crippen LogP contribution in [-0.2, 0) is 20.4 Å². The van der Waals surface area contributed by atoms with Gasteiger partial charge < -0.3 is 10.0 Å². The smallest absolute Gasteiger partial charge is 0.303 e. The van der Waals surface area contributed by atoms with Crippen molar-refractivity contribution in [3.63, 3.8) is 0 Å². The lowest BCUT2D eigenvalue weighted by atomic mass is 10.1. The second-order valence-electron chi connectivity index (χ2n) is 6.12. The highest BCUT2D eigenvalue weighted by Gasteiger charge is 2.46. The molecule has 0 bridgehead atoms. The third kappa shape index (κ3) is 3.81. The molecule has 1 saturated carbocycles. The van der Waals surface area contributed by atoms with E-state index in [1.54, 1.807) is 6.92 Å². The molecule has 20 heavy (non-hydrogen) atoms. The van der Waals surface area contributed by atoms with Crippen LogP contribution in [0.4, 0.5) is 0 Å². The molecule has 6 heteroatoms. The first-order valence-electron chi connectivity index (χ1n) is 7.31. The highest BCUT2D eigenvalue weighted by atomic mass is 32.2. The number of carboxylic acids is 1. The van der Waals surface area contributed by atoms with Crippen molar-refractivity contribution < 1.29 is 18.9 Å². The van der Waals surface area contributed by atoms with Crippen LogP contribution in [0, 0.1) is 5.41 Å². The van der Waals surface area contributed by atoms with E-state index >= 15 is 0 Å². The Bertz CT molecular complexity index is 413. The van der Waals surface area contributed by atoms with Gasteiger partial charge in [0.15, 0.2) is 0 Å². The van der Waals surface area contributed by atoms with Gasteiger partial charge in [-0.05, 0) is 44.4 Å². The van der Waals surface area contributed by atoms with Gasteiger partial charge in [0.25, 0.3) is 0 Å². The zero-order valence-electron chi connectivity index (χ0n) is 12.0. The summed E-state index contributed by atoms with van der Waals surface area (Å²) in [7, 11) is -1.27. The molecule has 2 fully saturated rings. The second-order valence-corrected chi connectivity index (χ2v) is 7.88. The average Bonchev–Trinajstić information content (AvgIpc) is 3.16. The van der Waals surface area contributed by atoms with Gasteiger partial charge in [0.05, 0.1) is 6.42 Å². The number of hydrogen-bond donors (Lipinski definition) is 1. The maximum atomic E-state index is 12.3. The SMILES string of the molecule is CC(C(=O)N1CCCCC1)S(=O)CC1(CC(=O)O)CC1. The Morgan fingerprint density at radius 3 is 2.35 bits per heavy atom. The van der Waals surface area contributed by atoms with E-state index in [0.29, 0.717) is 5.75 Å². The minimum absolute atomic E-state index is 0.0332. The third-order valence-electron chi connectivity index (χ3n) is 4.34. The van der Waals surface area contributed by atoms with Crippen molar-refractivity contribution >= 4 is 22.7 Å². The van der Waals surface area contributed by atoms with Gasteiger partial charge in [-0.1, -0.05) is 0 Å². The van der Waals surface area contributed by atoms with Gasteiger partial charge in [-0.2, -0.15) is 0 Å². The molecule has 1 aliphatic heterocycles. The molecule has 0 aromatic heterocycles. The van der Waals surface area contributed by atoms with E-state index in [1.165, 1.54) is 0 Å². The van der Waals surface area contributed by atoms with Crippen LogP contribution in [0.1, 0.15) is 45.4 Å². The number of carbonyl (C=O) groups is 2. The number of rotatable bonds is 6. The predicted octanol–water partition coefficient (Wildman–Crippen LogP) is 1.39. The number of piperidine rings is 1. The summed E-state index contributed by atoms with van der Waals surface area (Å²) < 4.78 is 12.3. The molecule has 0 radical (unpaired) electrons. The van der Waals surface area contributed by atoms with Crippen LogP contribution in [0.3, 0.4) is 0 Å². The standard InChI is InChI=1S/C14H23NO4S/c1-11(13(18)15-7-3-2-4-8-15)20(19)10-14(5-6-14)9-12(16)17/h11H,2-10H2,1H3,(H,16,17). The fourth-order valence-electron chi connectivity index (χ4n) is 2.78. The number of aliphatic carboxylic acids is 1. The van der Waals surface area contributed by atoms with Crippen molar-refractivity contribution in [2.75, 3.05) is 18.8 Å². The van der Waals surface area contributed by atoms with Gasteiger partial charge in [0, 0.05) is 29.6 Å². The number of carbonyl (C=O) groups excluding carboxylic acids is 1. The Balaban J connectivity index is 1.88. The van der Waals surface area contributed by atoms with E-state index in [0.717, 1.165) is 45.2 Å². The fourth-order valence-corrected chi connectivity index (χ4v) is 4.40. The lowest BCUT2D eigenvalue weighted by Gasteiger charge is -2.29. The van der Waals surface area contributed by atoms with Gasteiger partial charge in [0.2, 0.25) is 5.91 Å². The largest absolute Gasteiger partial charge is 0.481 e. The van der Waals surface area contributed by atoms with Crippen molar-refractivity contribution in [2.45, 2.75) is 50.7 Å². The molecular formula is C14H23NO4S. The van der Waals surface area contributed by atoms with Gasteiger partial charge in [-0.15, -0.1) is 0 Å². The molecule has 0 spiro atoms. The maximum Gasteiger partial charge on any atom is 0.303 e. The Labute approximate surface area is 122 Å². The minimum Gasteiger partial charge on any atom is -0.481 e. The molecular weight excluding hydrogens is 278 g/mol. The van der Waals surface area contributed by atoms with Crippen LogP contribution in [0.2, 0.25) is 0 Å². The number of carboxylic acid groups (broad SMARTS) is 1. The Morgan fingerprint density at radius 1 is 1.25 bits per heavy atom. The topological polar surface area (TPSA) is 74.7 Å². The Kier molecular flexibility index (Phi) is 4.83. The molecule has 0 aromatic rings. The fraction of sp³-hybridized carbons (Fsp3) is 0.857. The highest BCUT2D eigenvalue weighted by molar-refractivity contribution is 7.86. The van der Waals surface area contributed by atoms with Gasteiger partial charge in [0.1, 0.15) is 5.25 Å². The zero-order valence-corrected chi connectivity index (χ0v) is 12.8. The van der Waals surface area contributed by atoms with Crippen LogP contribution in [0.5, 0.6) is 0 Å². The average molecular weight is 301 g/mol. The quantitative estimate of drug-likeness (QED) is 0.804. The Morgan fingerprint density at radius 2 is 1.85 bits per heavy atom. The van der Waals surface area contributed by atoms with Crippen molar-refractivity contribution in [3.05, 3.63) is 0 Å². The number of hydrogen-bond acceptors (Lipinski definition) is 3. The molecule has 1 aliphatic carbocycles. The molecule has 1 N–H and O–H groups in total. The van der Waals surface area contributed by atoms with Crippen LogP contribution in [-0.4, -0.2) is 50.2 Å². The summed E-state index contributed by atoms with van der Waals surface area (Å²) in [5, 5.41) is 8.37. The molecule has 0 aromatic carbocycles. The van der Waals surface area contributed by atoms with Crippen LogP contribution in [0.15, 0.2) is 0 Å². The van der Waals surface area contributed by atoms with E-state index in [1.807, 2.05) is 4.90 Å². The summed E-state index contributed by atoms with van der Waals surface area (Å²) in [6, 6.07) is 0. The molecule has 2 rings (SSSR count). The minimum atomic E-state index is -1.27. The van der Waals surface area contributed by atoms with E-state index in [4.69, 9.17) is 5.11 Å². The van der Waals surface area contributed by atoms with Gasteiger partial charge >= 0.3 is 5.97 Å². The molecule has 5 nitrogen and oxygen atoms in total. The van der Waals surface area contributed by atoms with Crippen LogP contribution in [0.25, 0.3) is 0 Å². The molecule has 1 amide bonds. The molecule has 1 saturated heterocycles. The summed E-state index contributed by atoms with van der Waals surface area (Å²) in [5.41, 5.74) is -0.312. The molecule has 2 atom stereocenters. The van der Waals surface area contributed by atoms with E-state index in [2.05, 4.69) is 0 Å². The number of amides is 1. The summed E-state index contributed by atoms with van der Waals surface area (Å²) in [6.45, 7) is 3.24. The second kappa shape index (κ2) is 6.24. The number of likely N-dealkylation sites (tertiary alicyclic amines) is 1. The summed E-state index contributed by atoms with van der Waals surface area (Å²) in [6.07, 6.45) is 4.90. The van der Waals surface area contributed by atoms with E-state index < -0.39 is 22.0 Å². The predicted molar refractivity (Wildman–Crippen MR) is 76.8 cm³/mol. The van der Waals surface area contributed by atoms with Crippen LogP contribution >= 0.6 is 0 Å². The Hall–Kier alpha value is -0.910. The molecule has 2 unspecified atom stereocenters. The summed E-state index contributed by atoms with van der Waals surface area (Å²) in [4.78, 5) is 24.9. The van der Waals surface area contributed by atoms with E-state index in [9.17, 15) is 13.8 Å².